The van der Waals surface area contributed by atoms with Crippen molar-refractivity contribution in [2.24, 2.45) is 0 Å². The first-order chi connectivity index (χ1) is 22.4. The van der Waals surface area contributed by atoms with Gasteiger partial charge in [0.1, 0.15) is 5.75 Å². The van der Waals surface area contributed by atoms with Crippen LogP contribution >= 0.6 is 23.2 Å². The fourth-order valence-corrected chi connectivity index (χ4v) is 5.91. The molecule has 0 radical (unpaired) electrons. The van der Waals surface area contributed by atoms with Crippen LogP contribution in [0.1, 0.15) is 139 Å². The van der Waals surface area contributed by atoms with Crippen molar-refractivity contribution in [2.75, 3.05) is 30.6 Å². The number of amides is 1. The van der Waals surface area contributed by atoms with Crippen molar-refractivity contribution >= 4 is 51.6 Å². The van der Waals surface area contributed by atoms with E-state index in [2.05, 4.69) is 12.2 Å². The number of benzene rings is 2. The Bertz CT molecular complexity index is 1110. The van der Waals surface area contributed by atoms with Gasteiger partial charge in [-0.3, -0.25) is 9.00 Å². The first kappa shape index (κ1) is 44.9. The lowest BCUT2D eigenvalue weighted by molar-refractivity contribution is -0.116. The fraction of sp³-hybridized carbons (Fsp3) is 0.632. The van der Waals surface area contributed by atoms with Gasteiger partial charge in [0.2, 0.25) is 5.91 Å². The number of unbranched alkanes of at least 4 members (excludes halogenated alkanes) is 15. The van der Waals surface area contributed by atoms with Gasteiger partial charge in [-0.15, -0.1) is 23.2 Å². The Balaban J connectivity index is 0.00000508. The van der Waals surface area contributed by atoms with Gasteiger partial charge in [0.15, 0.2) is 0 Å². The molecular weight excluding hydrogens is 653 g/mol. The maximum absolute atomic E-state index is 12.5. The van der Waals surface area contributed by atoms with Crippen molar-refractivity contribution in [1.29, 1.82) is 0 Å². The molecule has 0 saturated heterocycles. The molecule has 0 spiro atoms. The third kappa shape index (κ3) is 22.2. The minimum Gasteiger partial charge on any atom is -0.494 e. The fourth-order valence-electron chi connectivity index (χ4n) is 5.20. The Morgan fingerprint density at radius 1 is 0.766 bits per heavy atom. The minimum atomic E-state index is -1.35. The first-order valence-electron chi connectivity index (χ1n) is 17.1. The number of ether oxygens (including phenoxy) is 2. The van der Waals surface area contributed by atoms with E-state index in [1.165, 1.54) is 116 Å². The molecule has 47 heavy (non-hydrogen) atoms. The van der Waals surface area contributed by atoms with Crippen LogP contribution in [-0.4, -0.2) is 41.4 Å². The Labute approximate surface area is 298 Å². The summed E-state index contributed by atoms with van der Waals surface area (Å²) in [5, 5.41) is 3.01. The van der Waals surface area contributed by atoms with Gasteiger partial charge in [-0.25, -0.2) is 4.79 Å². The topological polar surface area (TPSA) is 81.7 Å². The minimum absolute atomic E-state index is 0. The van der Waals surface area contributed by atoms with Crippen molar-refractivity contribution in [2.45, 2.75) is 135 Å². The third-order valence-corrected chi connectivity index (χ3v) is 8.78. The van der Waals surface area contributed by atoms with Crippen LogP contribution in [0.15, 0.2) is 47.4 Å². The molecule has 268 valence electrons. The standard InChI is InChI=1S/C36H55NO5S.CH2Cl2.CH4/c1-4-5-6-7-8-9-10-11-12-13-14-15-16-17-18-19-28-42-32-24-20-30(21-25-32)22-27-35(38)37-31-23-26-34(43(3)40)33(29-31)36(39)41-2;2-1-3;/h20-21,23-26,29H,4-19,22,27-28H2,1-3H3,(H,37,38);1H2;1H4. The second-order valence-electron chi connectivity index (χ2n) is 11.6. The molecule has 0 heterocycles. The van der Waals surface area contributed by atoms with Crippen LogP contribution in [0.2, 0.25) is 0 Å². The number of methoxy groups -OCH3 is 1. The van der Waals surface area contributed by atoms with Crippen LogP contribution < -0.4 is 10.1 Å². The number of carbonyl (C=O) groups excluding carboxylic acids is 2. The number of aryl methyl sites for hydroxylation is 1. The molecule has 0 aliphatic heterocycles. The number of anilines is 1. The number of carbonyl (C=O) groups is 2. The highest BCUT2D eigenvalue weighted by Crippen LogP contribution is 2.21. The van der Waals surface area contributed by atoms with E-state index in [4.69, 9.17) is 32.7 Å². The number of halogens is 2. The lowest BCUT2D eigenvalue weighted by Gasteiger charge is -2.10. The predicted molar refractivity (Wildman–Crippen MR) is 202 cm³/mol. The van der Waals surface area contributed by atoms with Gasteiger partial charge in [0.25, 0.3) is 0 Å². The van der Waals surface area contributed by atoms with Gasteiger partial charge >= 0.3 is 5.97 Å². The largest absolute Gasteiger partial charge is 0.494 e. The Hall–Kier alpha value is -2.09. The molecule has 6 nitrogen and oxygen atoms in total. The second-order valence-corrected chi connectivity index (χ2v) is 13.8. The highest BCUT2D eigenvalue weighted by molar-refractivity contribution is 7.84. The molecule has 9 heteroatoms. The molecule has 1 amide bonds. The van der Waals surface area contributed by atoms with Crippen LogP contribution in [0.3, 0.4) is 0 Å². The monoisotopic (exact) mass is 713 g/mol. The van der Waals surface area contributed by atoms with Crippen LogP contribution in [0.25, 0.3) is 0 Å². The summed E-state index contributed by atoms with van der Waals surface area (Å²) in [7, 11) is -0.0746. The van der Waals surface area contributed by atoms with E-state index < -0.39 is 16.8 Å². The summed E-state index contributed by atoms with van der Waals surface area (Å²) in [6, 6.07) is 12.7. The zero-order valence-electron chi connectivity index (χ0n) is 28.4. The van der Waals surface area contributed by atoms with Gasteiger partial charge in [-0.1, -0.05) is 123 Å². The molecule has 0 aliphatic rings. The summed E-state index contributed by atoms with van der Waals surface area (Å²) in [5.41, 5.74) is 1.71. The van der Waals surface area contributed by atoms with E-state index in [0.29, 0.717) is 23.4 Å². The van der Waals surface area contributed by atoms with E-state index in [1.807, 2.05) is 24.3 Å². The van der Waals surface area contributed by atoms with Gasteiger partial charge in [0, 0.05) is 18.4 Å². The van der Waals surface area contributed by atoms with Crippen LogP contribution in [0.4, 0.5) is 5.69 Å². The quantitative estimate of drug-likeness (QED) is 0.0665. The number of rotatable bonds is 24. The Morgan fingerprint density at radius 2 is 1.26 bits per heavy atom. The van der Waals surface area contributed by atoms with Crippen molar-refractivity contribution in [3.63, 3.8) is 0 Å². The highest BCUT2D eigenvalue weighted by Gasteiger charge is 2.16. The highest BCUT2D eigenvalue weighted by atomic mass is 35.5. The van der Waals surface area contributed by atoms with Gasteiger partial charge in [-0.2, -0.15) is 0 Å². The van der Waals surface area contributed by atoms with Gasteiger partial charge in [-0.05, 0) is 48.7 Å². The normalized spacial score (nSPS) is 11.1. The smallest absolute Gasteiger partial charge is 0.339 e. The SMILES string of the molecule is C.CCCCCCCCCCCCCCCCCCOc1ccc(CCC(=O)Nc2ccc(S(C)=O)c(C(=O)OC)c2)cc1.ClCCl. The van der Waals surface area contributed by atoms with E-state index in [1.54, 1.807) is 12.1 Å². The van der Waals surface area contributed by atoms with Crippen molar-refractivity contribution in [3.8, 4) is 5.75 Å². The number of alkyl halides is 2. The maximum atomic E-state index is 12.5. The molecule has 2 aromatic rings. The average Bonchev–Trinajstić information content (AvgIpc) is 3.05. The van der Waals surface area contributed by atoms with Crippen molar-refractivity contribution < 1.29 is 23.3 Å². The number of hydrogen-bond donors (Lipinski definition) is 1. The predicted octanol–water partition coefficient (Wildman–Crippen LogP) is 11.5. The van der Waals surface area contributed by atoms with Gasteiger partial charge in [0.05, 0.1) is 40.3 Å². The molecule has 0 bridgehead atoms. The summed E-state index contributed by atoms with van der Waals surface area (Å²) in [4.78, 5) is 24.9. The molecule has 0 fully saturated rings. The summed E-state index contributed by atoms with van der Waals surface area (Å²) in [6.07, 6.45) is 24.1. The molecule has 1 N–H and O–H groups in total. The van der Waals surface area contributed by atoms with Crippen molar-refractivity contribution in [3.05, 3.63) is 53.6 Å². The lowest BCUT2D eigenvalue weighted by Crippen LogP contribution is -2.14. The van der Waals surface area contributed by atoms with E-state index in [-0.39, 0.29) is 24.2 Å². The Morgan fingerprint density at radius 3 is 1.72 bits per heavy atom. The van der Waals surface area contributed by atoms with Crippen LogP contribution in [-0.2, 0) is 26.8 Å². The zero-order valence-corrected chi connectivity index (χ0v) is 30.7. The number of hydrogen-bond acceptors (Lipinski definition) is 5. The molecule has 1 unspecified atom stereocenters. The van der Waals surface area contributed by atoms with Gasteiger partial charge < -0.3 is 14.8 Å². The Kier molecular flexibility index (Phi) is 28.7. The summed E-state index contributed by atoms with van der Waals surface area (Å²) in [5.74, 6) is 0.112. The van der Waals surface area contributed by atoms with Crippen LogP contribution in [0, 0.1) is 0 Å². The van der Waals surface area contributed by atoms with E-state index in [0.717, 1.165) is 24.3 Å². The van der Waals surface area contributed by atoms with E-state index in [9.17, 15) is 13.8 Å². The zero-order chi connectivity index (χ0) is 33.8. The van der Waals surface area contributed by atoms with E-state index >= 15 is 0 Å². The molecular formula is C38H61Cl2NO5S. The summed E-state index contributed by atoms with van der Waals surface area (Å²) in [6.45, 7) is 3.01. The average molecular weight is 715 g/mol. The molecule has 0 aliphatic carbocycles. The molecule has 0 aromatic heterocycles. The summed E-state index contributed by atoms with van der Waals surface area (Å²) >= 11 is 9.53. The summed E-state index contributed by atoms with van der Waals surface area (Å²) < 4.78 is 22.6. The molecule has 2 rings (SSSR count). The lowest BCUT2D eigenvalue weighted by atomic mass is 10.0. The molecule has 0 saturated carbocycles. The van der Waals surface area contributed by atoms with Crippen molar-refractivity contribution in [1.82, 2.24) is 0 Å². The van der Waals surface area contributed by atoms with Crippen LogP contribution in [0.5, 0.6) is 5.75 Å². The first-order valence-corrected chi connectivity index (χ1v) is 19.7. The molecule has 1 atom stereocenters. The number of nitrogens with one attached hydrogen (secondary N) is 1. The third-order valence-electron chi connectivity index (χ3n) is 7.81. The molecule has 2 aromatic carbocycles. The second kappa shape index (κ2) is 30.0. The number of esters is 1. The maximum Gasteiger partial charge on any atom is 0.339 e.